The van der Waals surface area contributed by atoms with Gasteiger partial charge in [-0.1, -0.05) is 24.3 Å². The van der Waals surface area contributed by atoms with Crippen LogP contribution < -0.4 is 10.6 Å². The van der Waals surface area contributed by atoms with E-state index in [0.717, 1.165) is 39.0 Å². The first-order chi connectivity index (χ1) is 10.8. The van der Waals surface area contributed by atoms with E-state index in [-0.39, 0.29) is 6.03 Å². The first-order valence-corrected chi connectivity index (χ1v) is 8.25. The van der Waals surface area contributed by atoms with Crippen molar-refractivity contribution in [3.63, 3.8) is 0 Å². The Labute approximate surface area is 132 Å². The molecule has 3 rings (SSSR count). The Kier molecular flexibility index (Phi) is 5.29. The van der Waals surface area contributed by atoms with Crippen molar-refractivity contribution in [3.8, 4) is 0 Å². The van der Waals surface area contributed by atoms with E-state index in [9.17, 15) is 4.79 Å². The van der Waals surface area contributed by atoms with E-state index in [0.29, 0.717) is 25.7 Å². The first kappa shape index (κ1) is 15.3. The van der Waals surface area contributed by atoms with Crippen molar-refractivity contribution in [1.29, 1.82) is 0 Å². The summed E-state index contributed by atoms with van der Waals surface area (Å²) in [7, 11) is 0. The maximum Gasteiger partial charge on any atom is 0.318 e. The number of amides is 2. The van der Waals surface area contributed by atoms with Gasteiger partial charge in [0.05, 0.1) is 6.10 Å². The Balaban J connectivity index is 1.30. The summed E-state index contributed by atoms with van der Waals surface area (Å²) < 4.78 is 5.84. The number of piperidine rings is 1. The van der Waals surface area contributed by atoms with Gasteiger partial charge in [0.2, 0.25) is 0 Å². The monoisotopic (exact) mass is 303 g/mol. The van der Waals surface area contributed by atoms with Crippen LogP contribution in [0.1, 0.15) is 30.4 Å². The standard InChI is InChI=1S/C17H25N3O2/c21-17(20-12-14-4-1-2-5-15(14)13-20)19-8-3-11-22-16-6-9-18-10-7-16/h1-2,4-5,16,18H,3,6-13H2,(H,19,21). The molecule has 0 bridgehead atoms. The lowest BCUT2D eigenvalue weighted by atomic mass is 10.1. The minimum absolute atomic E-state index is 0.0260. The zero-order chi connectivity index (χ0) is 15.2. The Bertz CT molecular complexity index is 475. The third-order valence-corrected chi connectivity index (χ3v) is 4.37. The van der Waals surface area contributed by atoms with Crippen molar-refractivity contribution >= 4 is 6.03 Å². The summed E-state index contributed by atoms with van der Waals surface area (Å²) in [5.74, 6) is 0. The van der Waals surface area contributed by atoms with Crippen molar-refractivity contribution in [2.75, 3.05) is 26.2 Å². The molecule has 0 aromatic heterocycles. The van der Waals surface area contributed by atoms with Crippen LogP contribution in [-0.2, 0) is 17.8 Å². The molecule has 2 N–H and O–H groups in total. The second-order valence-corrected chi connectivity index (χ2v) is 6.03. The Morgan fingerprint density at radius 3 is 2.59 bits per heavy atom. The normalized spacial score (nSPS) is 18.3. The molecule has 2 amide bonds. The van der Waals surface area contributed by atoms with Crippen LogP contribution in [0.2, 0.25) is 0 Å². The van der Waals surface area contributed by atoms with E-state index >= 15 is 0 Å². The highest BCUT2D eigenvalue weighted by atomic mass is 16.5. The fraction of sp³-hybridized carbons (Fsp3) is 0.588. The highest BCUT2D eigenvalue weighted by molar-refractivity contribution is 5.75. The number of ether oxygens (including phenoxy) is 1. The molecule has 5 nitrogen and oxygen atoms in total. The first-order valence-electron chi connectivity index (χ1n) is 8.25. The van der Waals surface area contributed by atoms with E-state index in [1.54, 1.807) is 0 Å². The molecule has 0 atom stereocenters. The average Bonchev–Trinajstić information content (AvgIpc) is 2.99. The van der Waals surface area contributed by atoms with Gasteiger partial charge in [-0.3, -0.25) is 0 Å². The van der Waals surface area contributed by atoms with Crippen molar-refractivity contribution in [2.45, 2.75) is 38.5 Å². The summed E-state index contributed by atoms with van der Waals surface area (Å²) in [6, 6.07) is 8.26. The smallest absolute Gasteiger partial charge is 0.318 e. The van der Waals surface area contributed by atoms with Gasteiger partial charge in [0.25, 0.3) is 0 Å². The molecule has 1 saturated heterocycles. The maximum atomic E-state index is 12.1. The van der Waals surface area contributed by atoms with Crippen molar-refractivity contribution in [1.82, 2.24) is 15.5 Å². The average molecular weight is 303 g/mol. The van der Waals surface area contributed by atoms with Crippen LogP contribution in [0.5, 0.6) is 0 Å². The van der Waals surface area contributed by atoms with Crippen LogP contribution in [0.15, 0.2) is 24.3 Å². The molecule has 0 unspecified atom stereocenters. The molecule has 1 aromatic rings. The summed E-state index contributed by atoms with van der Waals surface area (Å²) in [6.07, 6.45) is 3.46. The van der Waals surface area contributed by atoms with Crippen LogP contribution in [0.4, 0.5) is 4.79 Å². The third-order valence-electron chi connectivity index (χ3n) is 4.37. The van der Waals surface area contributed by atoms with Gasteiger partial charge in [-0.05, 0) is 43.5 Å². The Morgan fingerprint density at radius 1 is 1.23 bits per heavy atom. The van der Waals surface area contributed by atoms with Gasteiger partial charge >= 0.3 is 6.03 Å². The van der Waals surface area contributed by atoms with Gasteiger partial charge in [0.1, 0.15) is 0 Å². The number of rotatable bonds is 5. The summed E-state index contributed by atoms with van der Waals surface area (Å²) in [6.45, 7) is 4.94. The van der Waals surface area contributed by atoms with Crippen molar-refractivity contribution in [3.05, 3.63) is 35.4 Å². The van der Waals surface area contributed by atoms with Crippen LogP contribution in [0.25, 0.3) is 0 Å². The van der Waals surface area contributed by atoms with Crippen LogP contribution >= 0.6 is 0 Å². The number of hydrogen-bond donors (Lipinski definition) is 2. The van der Waals surface area contributed by atoms with E-state index in [1.807, 2.05) is 17.0 Å². The highest BCUT2D eigenvalue weighted by Crippen LogP contribution is 2.21. The van der Waals surface area contributed by atoms with Crippen molar-refractivity contribution in [2.24, 2.45) is 0 Å². The predicted octanol–water partition coefficient (Wildman–Crippen LogP) is 1.87. The molecule has 0 radical (unpaired) electrons. The maximum absolute atomic E-state index is 12.1. The second-order valence-electron chi connectivity index (χ2n) is 6.03. The molecule has 2 heterocycles. The molecule has 1 fully saturated rings. The summed E-state index contributed by atoms with van der Waals surface area (Å²) >= 11 is 0. The third kappa shape index (κ3) is 3.99. The largest absolute Gasteiger partial charge is 0.378 e. The van der Waals surface area contributed by atoms with Crippen LogP contribution in [0.3, 0.4) is 0 Å². The van der Waals surface area contributed by atoms with Crippen LogP contribution in [-0.4, -0.2) is 43.3 Å². The molecule has 1 aromatic carbocycles. The van der Waals surface area contributed by atoms with Gasteiger partial charge in [0, 0.05) is 26.2 Å². The lowest BCUT2D eigenvalue weighted by molar-refractivity contribution is 0.0319. The molecule has 0 aliphatic carbocycles. The summed E-state index contributed by atoms with van der Waals surface area (Å²) in [4.78, 5) is 14.0. The Hall–Kier alpha value is -1.59. The van der Waals surface area contributed by atoms with Crippen molar-refractivity contribution < 1.29 is 9.53 Å². The zero-order valence-electron chi connectivity index (χ0n) is 13.0. The number of carbonyl (C=O) groups is 1. The lowest BCUT2D eigenvalue weighted by Crippen LogP contribution is -2.37. The minimum atomic E-state index is 0.0260. The summed E-state index contributed by atoms with van der Waals surface area (Å²) in [5, 5.41) is 6.32. The highest BCUT2D eigenvalue weighted by Gasteiger charge is 2.22. The van der Waals surface area contributed by atoms with Gasteiger partial charge in [-0.25, -0.2) is 4.79 Å². The minimum Gasteiger partial charge on any atom is -0.378 e. The number of urea groups is 1. The van der Waals surface area contributed by atoms with Gasteiger partial charge in [0.15, 0.2) is 0 Å². The molecule has 0 spiro atoms. The topological polar surface area (TPSA) is 53.6 Å². The fourth-order valence-corrected chi connectivity index (χ4v) is 3.07. The number of fused-ring (bicyclic) bond motifs is 1. The molecule has 120 valence electrons. The number of carbonyl (C=O) groups excluding carboxylic acids is 1. The lowest BCUT2D eigenvalue weighted by Gasteiger charge is -2.23. The number of hydrogen-bond acceptors (Lipinski definition) is 3. The molecule has 2 aliphatic heterocycles. The quantitative estimate of drug-likeness (QED) is 0.817. The fourth-order valence-electron chi connectivity index (χ4n) is 3.07. The molecule has 0 saturated carbocycles. The Morgan fingerprint density at radius 2 is 1.91 bits per heavy atom. The molecular weight excluding hydrogens is 278 g/mol. The van der Waals surface area contributed by atoms with Gasteiger partial charge in [-0.2, -0.15) is 0 Å². The van der Waals surface area contributed by atoms with E-state index in [4.69, 9.17) is 4.74 Å². The number of benzene rings is 1. The number of nitrogens with one attached hydrogen (secondary N) is 2. The van der Waals surface area contributed by atoms with Crippen LogP contribution in [0, 0.1) is 0 Å². The molecular formula is C17H25N3O2. The summed E-state index contributed by atoms with van der Waals surface area (Å²) in [5.41, 5.74) is 2.51. The van der Waals surface area contributed by atoms with E-state index in [1.165, 1.54) is 11.1 Å². The second kappa shape index (κ2) is 7.61. The number of nitrogens with zero attached hydrogens (tertiary/aromatic N) is 1. The van der Waals surface area contributed by atoms with E-state index in [2.05, 4.69) is 22.8 Å². The predicted molar refractivity (Wildman–Crippen MR) is 85.5 cm³/mol. The van der Waals surface area contributed by atoms with Gasteiger partial charge < -0.3 is 20.3 Å². The zero-order valence-corrected chi connectivity index (χ0v) is 13.0. The van der Waals surface area contributed by atoms with Gasteiger partial charge in [-0.15, -0.1) is 0 Å². The van der Waals surface area contributed by atoms with E-state index < -0.39 is 0 Å². The molecule has 5 heteroatoms. The molecule has 2 aliphatic rings. The molecule has 22 heavy (non-hydrogen) atoms. The SMILES string of the molecule is O=C(NCCCOC1CCNCC1)N1Cc2ccccc2C1.